The van der Waals surface area contributed by atoms with Gasteiger partial charge in [0, 0.05) is 0 Å². The van der Waals surface area contributed by atoms with E-state index in [1.54, 1.807) is 13.8 Å². The third-order valence-corrected chi connectivity index (χ3v) is 5.58. The standard InChI is InChI=1S/C19H34N2O4/c1-3-24-17(22)20-19(21-18(23)25-4-2)12-10-16(11-13-19)14-15-8-6-5-7-9-15/h15-16H,3-14H2,1-2H3,(H,20,22)(H,21,23). The predicted molar refractivity (Wildman–Crippen MR) is 96.2 cm³/mol. The maximum atomic E-state index is 11.9. The van der Waals surface area contributed by atoms with Crippen LogP contribution >= 0.6 is 0 Å². The Balaban J connectivity index is 1.90. The second kappa shape index (κ2) is 9.88. The number of alkyl carbamates (subject to hydrolysis) is 2. The third-order valence-electron chi connectivity index (χ3n) is 5.58. The summed E-state index contributed by atoms with van der Waals surface area (Å²) < 4.78 is 10.0. The SMILES string of the molecule is CCOC(=O)NC1(NC(=O)OCC)CCC(CC2CCCCC2)CC1. The Kier molecular flexibility index (Phi) is 7.85. The van der Waals surface area contributed by atoms with Crippen molar-refractivity contribution >= 4 is 12.2 Å². The Labute approximate surface area is 151 Å². The second-order valence-electron chi connectivity index (χ2n) is 7.46. The van der Waals surface area contributed by atoms with Crippen molar-refractivity contribution in [3.63, 3.8) is 0 Å². The zero-order valence-corrected chi connectivity index (χ0v) is 15.8. The van der Waals surface area contributed by atoms with Gasteiger partial charge in [-0.05, 0) is 57.8 Å². The molecule has 0 bridgehead atoms. The molecular formula is C19H34N2O4. The molecule has 0 aromatic carbocycles. The maximum absolute atomic E-state index is 11.9. The Hall–Kier alpha value is -1.46. The number of hydrogen-bond donors (Lipinski definition) is 2. The average molecular weight is 354 g/mol. The molecule has 0 atom stereocenters. The van der Waals surface area contributed by atoms with Crippen molar-refractivity contribution in [1.82, 2.24) is 10.6 Å². The lowest BCUT2D eigenvalue weighted by Crippen LogP contribution is -2.62. The fourth-order valence-corrected chi connectivity index (χ4v) is 4.31. The van der Waals surface area contributed by atoms with Gasteiger partial charge in [-0.25, -0.2) is 9.59 Å². The summed E-state index contributed by atoms with van der Waals surface area (Å²) in [5.41, 5.74) is -0.748. The molecule has 2 aliphatic rings. The molecule has 2 saturated carbocycles. The molecule has 2 fully saturated rings. The van der Waals surface area contributed by atoms with E-state index in [1.807, 2.05) is 0 Å². The van der Waals surface area contributed by atoms with Crippen molar-refractivity contribution in [2.24, 2.45) is 11.8 Å². The first-order chi connectivity index (χ1) is 12.1. The van der Waals surface area contributed by atoms with Gasteiger partial charge in [0.2, 0.25) is 0 Å². The molecule has 2 amide bonds. The van der Waals surface area contributed by atoms with E-state index in [0.717, 1.165) is 31.6 Å². The quantitative estimate of drug-likeness (QED) is 0.696. The molecule has 25 heavy (non-hydrogen) atoms. The van der Waals surface area contributed by atoms with Crippen LogP contribution in [-0.2, 0) is 9.47 Å². The number of amides is 2. The summed E-state index contributed by atoms with van der Waals surface area (Å²) in [6.45, 7) is 4.16. The highest BCUT2D eigenvalue weighted by Crippen LogP contribution is 2.37. The monoisotopic (exact) mass is 354 g/mol. The van der Waals surface area contributed by atoms with Crippen LogP contribution in [0.5, 0.6) is 0 Å². The van der Waals surface area contributed by atoms with Gasteiger partial charge in [-0.3, -0.25) is 10.6 Å². The van der Waals surface area contributed by atoms with E-state index in [1.165, 1.54) is 38.5 Å². The molecule has 0 heterocycles. The summed E-state index contributed by atoms with van der Waals surface area (Å²) in [6.07, 6.45) is 10.6. The predicted octanol–water partition coefficient (Wildman–Crippen LogP) is 4.34. The lowest BCUT2D eigenvalue weighted by atomic mass is 9.75. The number of ether oxygens (including phenoxy) is 2. The first kappa shape index (κ1) is 19.9. The van der Waals surface area contributed by atoms with E-state index in [9.17, 15) is 9.59 Å². The molecule has 0 saturated heterocycles. The van der Waals surface area contributed by atoms with Crippen molar-refractivity contribution in [2.75, 3.05) is 13.2 Å². The zero-order valence-electron chi connectivity index (χ0n) is 15.8. The smallest absolute Gasteiger partial charge is 0.408 e. The van der Waals surface area contributed by atoms with E-state index in [2.05, 4.69) is 10.6 Å². The molecule has 0 spiro atoms. The van der Waals surface area contributed by atoms with E-state index in [0.29, 0.717) is 19.1 Å². The van der Waals surface area contributed by atoms with Crippen molar-refractivity contribution in [3.8, 4) is 0 Å². The van der Waals surface area contributed by atoms with E-state index < -0.39 is 17.8 Å². The minimum atomic E-state index is -0.748. The van der Waals surface area contributed by atoms with Gasteiger partial charge < -0.3 is 9.47 Å². The van der Waals surface area contributed by atoms with Gasteiger partial charge in [0.05, 0.1) is 13.2 Å². The van der Waals surface area contributed by atoms with Crippen LogP contribution in [0.3, 0.4) is 0 Å². The molecule has 0 radical (unpaired) electrons. The fraction of sp³-hybridized carbons (Fsp3) is 0.895. The van der Waals surface area contributed by atoms with Crippen LogP contribution in [0.1, 0.15) is 78.1 Å². The average Bonchev–Trinajstić information content (AvgIpc) is 2.58. The third kappa shape index (κ3) is 6.40. The largest absolute Gasteiger partial charge is 0.450 e. The molecular weight excluding hydrogens is 320 g/mol. The summed E-state index contributed by atoms with van der Waals surface area (Å²) in [4.78, 5) is 23.9. The molecule has 2 rings (SSSR count). The highest BCUT2D eigenvalue weighted by molar-refractivity contribution is 5.72. The van der Waals surface area contributed by atoms with Crippen molar-refractivity contribution in [2.45, 2.75) is 83.7 Å². The molecule has 0 aromatic rings. The molecule has 6 heteroatoms. The number of rotatable bonds is 6. The minimum Gasteiger partial charge on any atom is -0.450 e. The topological polar surface area (TPSA) is 76.7 Å². The zero-order chi connectivity index (χ0) is 18.1. The molecule has 0 aromatic heterocycles. The summed E-state index contributed by atoms with van der Waals surface area (Å²) in [7, 11) is 0. The number of hydrogen-bond acceptors (Lipinski definition) is 4. The Morgan fingerprint density at radius 2 is 1.32 bits per heavy atom. The molecule has 2 N–H and O–H groups in total. The second-order valence-corrected chi connectivity index (χ2v) is 7.46. The number of nitrogens with one attached hydrogen (secondary N) is 2. The Bertz CT molecular complexity index is 405. The van der Waals surface area contributed by atoms with E-state index in [4.69, 9.17) is 9.47 Å². The van der Waals surface area contributed by atoms with Crippen LogP contribution in [0.2, 0.25) is 0 Å². The molecule has 144 valence electrons. The van der Waals surface area contributed by atoms with Crippen molar-refractivity contribution in [1.29, 1.82) is 0 Å². The maximum Gasteiger partial charge on any atom is 0.408 e. The van der Waals surface area contributed by atoms with E-state index >= 15 is 0 Å². The van der Waals surface area contributed by atoms with Crippen LogP contribution < -0.4 is 10.6 Å². The molecule has 6 nitrogen and oxygen atoms in total. The molecule has 2 aliphatic carbocycles. The van der Waals surface area contributed by atoms with Gasteiger partial charge >= 0.3 is 12.2 Å². The van der Waals surface area contributed by atoms with Gasteiger partial charge in [0.25, 0.3) is 0 Å². The van der Waals surface area contributed by atoms with Gasteiger partial charge in [-0.1, -0.05) is 32.1 Å². The highest BCUT2D eigenvalue weighted by Gasteiger charge is 2.39. The first-order valence-electron chi connectivity index (χ1n) is 9.96. The van der Waals surface area contributed by atoms with Gasteiger partial charge in [0.15, 0.2) is 0 Å². The lowest BCUT2D eigenvalue weighted by Gasteiger charge is -2.41. The first-order valence-corrected chi connectivity index (χ1v) is 9.96. The van der Waals surface area contributed by atoms with E-state index in [-0.39, 0.29) is 0 Å². The van der Waals surface area contributed by atoms with Crippen molar-refractivity contribution < 1.29 is 19.1 Å². The van der Waals surface area contributed by atoms with Crippen LogP contribution in [0, 0.1) is 11.8 Å². The molecule has 0 unspecified atom stereocenters. The number of carbonyl (C=O) groups is 2. The summed E-state index contributed by atoms with van der Waals surface area (Å²) in [5, 5.41) is 5.75. The van der Waals surface area contributed by atoms with Crippen LogP contribution in [0.25, 0.3) is 0 Å². The van der Waals surface area contributed by atoms with Gasteiger partial charge in [-0.2, -0.15) is 0 Å². The summed E-state index contributed by atoms with van der Waals surface area (Å²) >= 11 is 0. The van der Waals surface area contributed by atoms with Crippen molar-refractivity contribution in [3.05, 3.63) is 0 Å². The van der Waals surface area contributed by atoms with Crippen LogP contribution in [-0.4, -0.2) is 31.1 Å². The lowest BCUT2D eigenvalue weighted by molar-refractivity contribution is 0.0870. The highest BCUT2D eigenvalue weighted by atomic mass is 16.6. The fourth-order valence-electron chi connectivity index (χ4n) is 4.31. The van der Waals surface area contributed by atoms with Crippen LogP contribution in [0.4, 0.5) is 9.59 Å². The van der Waals surface area contributed by atoms with Gasteiger partial charge in [0.1, 0.15) is 5.66 Å². The molecule has 0 aliphatic heterocycles. The minimum absolute atomic E-state index is 0.311. The normalized spacial score (nSPS) is 21.4. The van der Waals surface area contributed by atoms with Crippen LogP contribution in [0.15, 0.2) is 0 Å². The van der Waals surface area contributed by atoms with Gasteiger partial charge in [-0.15, -0.1) is 0 Å². The summed E-state index contributed by atoms with van der Waals surface area (Å²) in [5.74, 6) is 1.55. The summed E-state index contributed by atoms with van der Waals surface area (Å²) in [6, 6.07) is 0. The number of carbonyl (C=O) groups excluding carboxylic acids is 2. The Morgan fingerprint density at radius 3 is 1.80 bits per heavy atom. The Morgan fingerprint density at radius 1 is 0.840 bits per heavy atom.